The number of carbonyl (C=O) groups excluding carboxylic acids is 2. The molecule has 324 valence electrons. The van der Waals surface area contributed by atoms with Crippen molar-refractivity contribution in [2.75, 3.05) is 47.5 Å². The van der Waals surface area contributed by atoms with E-state index in [9.17, 15) is 19.0 Å². The summed E-state index contributed by atoms with van der Waals surface area (Å²) in [6, 6.07) is 0. The molecule has 0 spiro atoms. The molecular weight excluding hydrogens is 713 g/mol. The minimum absolute atomic E-state index is 0.0299. The standard InChI is InChI=1S/C45H86NO8P/c1-6-8-10-12-14-16-18-19-20-21-22-23-24-25-26-27-28-30-32-34-36-38-45(48)54-43(42-53-55(49,50)52-40-39-46(3,4)5)41-51-44(47)37-35-33-31-29-17-15-13-11-9-7-2/h18-19,21-22,43H,6-17,20,23-42H2,1-5H3/b19-18-,22-21-. The van der Waals surface area contributed by atoms with Gasteiger partial charge in [-0.05, 0) is 44.9 Å². The van der Waals surface area contributed by atoms with E-state index in [1.165, 1.54) is 116 Å². The van der Waals surface area contributed by atoms with Gasteiger partial charge in [0.2, 0.25) is 0 Å². The van der Waals surface area contributed by atoms with E-state index in [4.69, 9.17) is 18.5 Å². The molecule has 0 bridgehead atoms. The van der Waals surface area contributed by atoms with Crippen LogP contribution in [0.3, 0.4) is 0 Å². The maximum Gasteiger partial charge on any atom is 0.306 e. The molecule has 0 aliphatic carbocycles. The first kappa shape index (κ1) is 53.5. The molecule has 0 saturated heterocycles. The molecule has 0 aromatic rings. The number of ether oxygens (including phenoxy) is 2. The molecule has 0 aliphatic heterocycles. The molecule has 0 aromatic carbocycles. The first-order valence-electron chi connectivity index (χ1n) is 22.5. The molecule has 0 heterocycles. The Morgan fingerprint density at radius 2 is 0.982 bits per heavy atom. The van der Waals surface area contributed by atoms with Crippen LogP contribution in [0.1, 0.15) is 200 Å². The molecule has 55 heavy (non-hydrogen) atoms. The second-order valence-corrected chi connectivity index (χ2v) is 17.8. The lowest BCUT2D eigenvalue weighted by Crippen LogP contribution is -2.37. The third kappa shape index (κ3) is 41.9. The molecule has 0 fully saturated rings. The van der Waals surface area contributed by atoms with E-state index >= 15 is 0 Å². The van der Waals surface area contributed by atoms with E-state index in [1.54, 1.807) is 0 Å². The van der Waals surface area contributed by atoms with E-state index in [0.29, 0.717) is 17.4 Å². The number of quaternary nitrogens is 1. The summed E-state index contributed by atoms with van der Waals surface area (Å²) in [6.07, 6.45) is 40.6. The van der Waals surface area contributed by atoms with Gasteiger partial charge in [-0.25, -0.2) is 0 Å². The van der Waals surface area contributed by atoms with Crippen LogP contribution < -0.4 is 4.89 Å². The van der Waals surface area contributed by atoms with E-state index in [2.05, 4.69) is 38.2 Å². The number of hydrogen-bond acceptors (Lipinski definition) is 8. The number of likely N-dealkylation sites (N-methyl/N-ethyl adjacent to an activating group) is 1. The fourth-order valence-electron chi connectivity index (χ4n) is 6.16. The van der Waals surface area contributed by atoms with Crippen molar-refractivity contribution in [1.29, 1.82) is 0 Å². The van der Waals surface area contributed by atoms with Crippen molar-refractivity contribution in [3.05, 3.63) is 24.3 Å². The second kappa shape index (κ2) is 38.0. The molecule has 9 nitrogen and oxygen atoms in total. The number of phosphoric acid groups is 1. The molecule has 2 unspecified atom stereocenters. The van der Waals surface area contributed by atoms with Crippen molar-refractivity contribution in [2.45, 2.75) is 206 Å². The van der Waals surface area contributed by atoms with Gasteiger partial charge >= 0.3 is 11.9 Å². The van der Waals surface area contributed by atoms with Crippen LogP contribution in [0.25, 0.3) is 0 Å². The topological polar surface area (TPSA) is 111 Å². The number of carbonyl (C=O) groups is 2. The Bertz CT molecular complexity index is 996. The summed E-state index contributed by atoms with van der Waals surface area (Å²) < 4.78 is 33.9. The Morgan fingerprint density at radius 3 is 1.44 bits per heavy atom. The summed E-state index contributed by atoms with van der Waals surface area (Å²) in [5, 5.41) is 0. The largest absolute Gasteiger partial charge is 0.756 e. The maximum atomic E-state index is 12.7. The second-order valence-electron chi connectivity index (χ2n) is 16.4. The smallest absolute Gasteiger partial charge is 0.306 e. The summed E-state index contributed by atoms with van der Waals surface area (Å²) in [5.41, 5.74) is 0. The molecule has 0 N–H and O–H groups in total. The number of phosphoric ester groups is 1. The summed E-state index contributed by atoms with van der Waals surface area (Å²) >= 11 is 0. The highest BCUT2D eigenvalue weighted by Gasteiger charge is 2.21. The van der Waals surface area contributed by atoms with Gasteiger partial charge in [-0.15, -0.1) is 0 Å². The van der Waals surface area contributed by atoms with Crippen LogP contribution in [0.15, 0.2) is 24.3 Å². The normalized spacial score (nSPS) is 13.8. The summed E-state index contributed by atoms with van der Waals surface area (Å²) in [4.78, 5) is 37.5. The number of nitrogens with zero attached hydrogens (tertiary/aromatic N) is 1. The first-order valence-corrected chi connectivity index (χ1v) is 24.0. The highest BCUT2D eigenvalue weighted by Crippen LogP contribution is 2.38. The molecular formula is C45H86NO8P. The Kier molecular flexibility index (Phi) is 37.0. The van der Waals surface area contributed by atoms with Gasteiger partial charge in [0.15, 0.2) is 6.10 Å². The third-order valence-electron chi connectivity index (χ3n) is 9.72. The van der Waals surface area contributed by atoms with Crippen LogP contribution in [-0.2, 0) is 32.7 Å². The molecule has 0 radical (unpaired) electrons. The Hall–Kier alpha value is -1.51. The lowest BCUT2D eigenvalue weighted by molar-refractivity contribution is -0.870. The third-order valence-corrected chi connectivity index (χ3v) is 10.7. The van der Waals surface area contributed by atoms with Crippen molar-refractivity contribution < 1.29 is 42.1 Å². The highest BCUT2D eigenvalue weighted by atomic mass is 31.2. The molecule has 0 aliphatic rings. The molecule has 2 atom stereocenters. The quantitative estimate of drug-likeness (QED) is 0.0198. The summed E-state index contributed by atoms with van der Waals surface area (Å²) in [6.45, 7) is 4.21. The highest BCUT2D eigenvalue weighted by molar-refractivity contribution is 7.45. The van der Waals surface area contributed by atoms with Crippen LogP contribution >= 0.6 is 7.82 Å². The van der Waals surface area contributed by atoms with E-state index in [-0.39, 0.29) is 32.0 Å². The van der Waals surface area contributed by atoms with Crippen LogP contribution in [0.4, 0.5) is 0 Å². The van der Waals surface area contributed by atoms with E-state index in [1.807, 2.05) is 21.1 Å². The van der Waals surface area contributed by atoms with Gasteiger partial charge in [-0.1, -0.05) is 167 Å². The zero-order valence-electron chi connectivity index (χ0n) is 36.4. The van der Waals surface area contributed by atoms with E-state index in [0.717, 1.165) is 51.4 Å². The number of rotatable bonds is 41. The predicted octanol–water partition coefficient (Wildman–Crippen LogP) is 12.1. The van der Waals surface area contributed by atoms with Crippen LogP contribution in [0.5, 0.6) is 0 Å². The number of allylic oxidation sites excluding steroid dienone is 4. The lowest BCUT2D eigenvalue weighted by Gasteiger charge is -2.28. The van der Waals surface area contributed by atoms with Crippen LogP contribution in [0, 0.1) is 0 Å². The van der Waals surface area contributed by atoms with Crippen LogP contribution in [0.2, 0.25) is 0 Å². The Balaban J connectivity index is 4.26. The van der Waals surface area contributed by atoms with Crippen molar-refractivity contribution in [1.82, 2.24) is 0 Å². The maximum absolute atomic E-state index is 12.7. The predicted molar refractivity (Wildman–Crippen MR) is 227 cm³/mol. The van der Waals surface area contributed by atoms with Crippen molar-refractivity contribution in [2.24, 2.45) is 0 Å². The molecule has 0 amide bonds. The number of unbranched alkanes of at least 4 members (excludes halogenated alkanes) is 23. The lowest BCUT2D eigenvalue weighted by atomic mass is 10.1. The van der Waals surface area contributed by atoms with Gasteiger partial charge in [0.25, 0.3) is 7.82 Å². The van der Waals surface area contributed by atoms with Gasteiger partial charge in [0.1, 0.15) is 19.8 Å². The van der Waals surface area contributed by atoms with Gasteiger partial charge in [-0.3, -0.25) is 14.2 Å². The first-order chi connectivity index (χ1) is 26.5. The minimum Gasteiger partial charge on any atom is -0.756 e. The van der Waals surface area contributed by atoms with Crippen molar-refractivity contribution in [3.63, 3.8) is 0 Å². The minimum atomic E-state index is -4.62. The zero-order valence-corrected chi connectivity index (χ0v) is 37.3. The average Bonchev–Trinajstić information content (AvgIpc) is 3.13. The molecule has 0 rings (SSSR count). The molecule has 0 saturated carbocycles. The van der Waals surface area contributed by atoms with Crippen LogP contribution in [-0.4, -0.2) is 70.0 Å². The van der Waals surface area contributed by atoms with E-state index < -0.39 is 26.5 Å². The van der Waals surface area contributed by atoms with Gasteiger partial charge in [0.05, 0.1) is 27.7 Å². The van der Waals surface area contributed by atoms with Crippen molar-refractivity contribution in [3.8, 4) is 0 Å². The Morgan fingerprint density at radius 1 is 0.564 bits per heavy atom. The van der Waals surface area contributed by atoms with Gasteiger partial charge in [0, 0.05) is 12.8 Å². The molecule has 0 aromatic heterocycles. The fraction of sp³-hybridized carbons (Fsp3) is 0.867. The van der Waals surface area contributed by atoms with Crippen molar-refractivity contribution >= 4 is 19.8 Å². The summed E-state index contributed by atoms with van der Waals surface area (Å²) in [5.74, 6) is -0.835. The number of esters is 2. The monoisotopic (exact) mass is 800 g/mol. The Labute approximate surface area is 339 Å². The molecule has 10 heteroatoms. The SMILES string of the molecule is CCCCCCC/C=C\C/C=C\CCCCCCCCCCCC(=O)OC(COC(=O)CCCCCCCCCCCC)COP(=O)([O-])OCC[N+](C)(C)C. The fourth-order valence-corrected chi connectivity index (χ4v) is 6.88. The zero-order chi connectivity index (χ0) is 40.7. The average molecular weight is 800 g/mol. The summed E-state index contributed by atoms with van der Waals surface area (Å²) in [7, 11) is 1.17. The number of hydrogen-bond donors (Lipinski definition) is 0. The van der Waals surface area contributed by atoms with Gasteiger partial charge in [-0.2, -0.15) is 0 Å². The van der Waals surface area contributed by atoms with Gasteiger partial charge < -0.3 is 27.9 Å².